The number of sulfonamides is 1. The molecule has 1 saturated heterocycles. The fourth-order valence-corrected chi connectivity index (χ4v) is 5.83. The monoisotopic (exact) mass is 407 g/mol. The van der Waals surface area contributed by atoms with Crippen molar-refractivity contribution < 1.29 is 8.42 Å². The first-order valence-electron chi connectivity index (χ1n) is 7.16. The number of nitrogens with two attached hydrogens (primary N) is 1. The molecule has 2 aromatic rings. The number of rotatable bonds is 3. The summed E-state index contributed by atoms with van der Waals surface area (Å²) < 4.78 is 27.6. The van der Waals surface area contributed by atoms with E-state index in [9.17, 15) is 8.42 Å². The van der Waals surface area contributed by atoms with Crippen LogP contribution < -0.4 is 10.6 Å². The quantitative estimate of drug-likeness (QED) is 0.838. The maximum atomic E-state index is 12.7. The van der Waals surface area contributed by atoms with Gasteiger partial charge in [0.05, 0.1) is 4.34 Å². The van der Waals surface area contributed by atoms with Crippen LogP contribution in [0.2, 0.25) is 9.36 Å². The van der Waals surface area contributed by atoms with Gasteiger partial charge in [0.1, 0.15) is 21.4 Å². The molecular weight excluding hydrogens is 393 g/mol. The summed E-state index contributed by atoms with van der Waals surface area (Å²) in [5.74, 6) is 0.742. The number of nitrogens with zero attached hydrogens (tertiary/aromatic N) is 4. The summed E-state index contributed by atoms with van der Waals surface area (Å²) in [6, 6.07) is 3.12. The Balaban J connectivity index is 1.79. The lowest BCUT2D eigenvalue weighted by atomic mass is 10.4. The summed E-state index contributed by atoms with van der Waals surface area (Å²) in [5, 5.41) is 0.291. The first-order chi connectivity index (χ1) is 11.4. The van der Waals surface area contributed by atoms with Crippen molar-refractivity contribution in [2.75, 3.05) is 36.8 Å². The normalized spacial score (nSPS) is 17.0. The fraction of sp³-hybridized carbons (Fsp3) is 0.385. The number of thiophene rings is 1. The van der Waals surface area contributed by atoms with Gasteiger partial charge in [0, 0.05) is 26.2 Å². The van der Waals surface area contributed by atoms with Crippen molar-refractivity contribution in [2.45, 2.75) is 10.6 Å². The predicted octanol–water partition coefficient (Wildman–Crippen LogP) is 2.33. The lowest BCUT2D eigenvalue weighted by Crippen LogP contribution is -2.35. The smallest absolute Gasteiger partial charge is 0.252 e. The van der Waals surface area contributed by atoms with E-state index in [-0.39, 0.29) is 10.0 Å². The van der Waals surface area contributed by atoms with Gasteiger partial charge in [-0.3, -0.25) is 0 Å². The lowest BCUT2D eigenvalue weighted by Gasteiger charge is -2.23. The van der Waals surface area contributed by atoms with E-state index >= 15 is 0 Å². The Bertz CT molecular complexity index is 843. The molecule has 1 aliphatic rings. The van der Waals surface area contributed by atoms with E-state index in [1.54, 1.807) is 6.07 Å². The van der Waals surface area contributed by atoms with Crippen molar-refractivity contribution in [3.05, 3.63) is 27.8 Å². The second kappa shape index (κ2) is 7.01. The molecule has 0 saturated carbocycles. The molecule has 7 nitrogen and oxygen atoms in total. The van der Waals surface area contributed by atoms with Gasteiger partial charge < -0.3 is 10.6 Å². The molecule has 24 heavy (non-hydrogen) atoms. The van der Waals surface area contributed by atoms with Crippen LogP contribution in [0.4, 0.5) is 11.6 Å². The fourth-order valence-electron chi connectivity index (χ4n) is 2.50. The Labute approximate surface area is 154 Å². The van der Waals surface area contributed by atoms with Crippen molar-refractivity contribution in [1.29, 1.82) is 0 Å². The molecule has 0 bridgehead atoms. The summed E-state index contributed by atoms with van der Waals surface area (Å²) in [5.41, 5.74) is 5.71. The van der Waals surface area contributed by atoms with Gasteiger partial charge in [-0.2, -0.15) is 4.31 Å². The van der Waals surface area contributed by atoms with E-state index in [0.717, 1.165) is 11.3 Å². The molecule has 2 aromatic heterocycles. The van der Waals surface area contributed by atoms with Crippen LogP contribution in [0.15, 0.2) is 22.7 Å². The number of nitrogen functional groups attached to an aromatic ring is 1. The standard InChI is InChI=1S/C13H15Cl2N5O2S2/c14-9-2-3-10(23-9)24(21,22)20-5-1-4-19(6-7-20)13-11(15)12(16)17-8-18-13/h2-3,8H,1,4-7H2,(H2,16,17,18). The lowest BCUT2D eigenvalue weighted by molar-refractivity contribution is 0.434. The van der Waals surface area contributed by atoms with Crippen LogP contribution >= 0.6 is 34.5 Å². The molecule has 0 amide bonds. The molecule has 0 aromatic carbocycles. The van der Waals surface area contributed by atoms with E-state index in [4.69, 9.17) is 28.9 Å². The number of anilines is 2. The SMILES string of the molecule is Nc1ncnc(N2CCCN(S(=O)(=O)c3ccc(Cl)s3)CC2)c1Cl. The topological polar surface area (TPSA) is 92.4 Å². The molecule has 1 fully saturated rings. The van der Waals surface area contributed by atoms with Crippen LogP contribution in [0.5, 0.6) is 0 Å². The summed E-state index contributed by atoms with van der Waals surface area (Å²) in [7, 11) is -3.54. The summed E-state index contributed by atoms with van der Waals surface area (Å²) in [4.78, 5) is 9.95. The van der Waals surface area contributed by atoms with Crippen LogP contribution in [-0.2, 0) is 10.0 Å². The van der Waals surface area contributed by atoms with Crippen molar-refractivity contribution in [3.8, 4) is 0 Å². The highest BCUT2D eigenvalue weighted by molar-refractivity contribution is 7.91. The average molecular weight is 408 g/mol. The third-order valence-corrected chi connectivity index (χ3v) is 7.65. The van der Waals surface area contributed by atoms with Crippen molar-refractivity contribution >= 4 is 56.2 Å². The predicted molar refractivity (Wildman–Crippen MR) is 96.4 cm³/mol. The zero-order valence-corrected chi connectivity index (χ0v) is 15.7. The maximum absolute atomic E-state index is 12.7. The zero-order valence-electron chi connectivity index (χ0n) is 12.5. The summed E-state index contributed by atoms with van der Waals surface area (Å²) >= 11 is 13.1. The molecule has 0 spiro atoms. The molecule has 0 unspecified atom stereocenters. The molecule has 0 atom stereocenters. The Hall–Kier alpha value is -1.13. The Morgan fingerprint density at radius 1 is 1.12 bits per heavy atom. The van der Waals surface area contributed by atoms with Crippen molar-refractivity contribution in [2.24, 2.45) is 0 Å². The molecule has 3 rings (SSSR count). The summed E-state index contributed by atoms with van der Waals surface area (Å²) in [6.45, 7) is 1.85. The van der Waals surface area contributed by atoms with E-state index < -0.39 is 10.0 Å². The van der Waals surface area contributed by atoms with Gasteiger partial charge in [-0.05, 0) is 18.6 Å². The summed E-state index contributed by atoms with van der Waals surface area (Å²) in [6.07, 6.45) is 2.00. The molecule has 11 heteroatoms. The number of aromatic nitrogens is 2. The van der Waals surface area contributed by atoms with Crippen LogP contribution in [0, 0.1) is 0 Å². The van der Waals surface area contributed by atoms with Gasteiger partial charge in [-0.1, -0.05) is 23.2 Å². The number of hydrogen-bond acceptors (Lipinski definition) is 7. The molecule has 1 aliphatic heterocycles. The minimum absolute atomic E-state index is 0.212. The number of hydrogen-bond donors (Lipinski definition) is 1. The highest BCUT2D eigenvalue weighted by atomic mass is 35.5. The van der Waals surface area contributed by atoms with Gasteiger partial charge >= 0.3 is 0 Å². The van der Waals surface area contributed by atoms with Crippen molar-refractivity contribution in [1.82, 2.24) is 14.3 Å². The zero-order chi connectivity index (χ0) is 17.3. The second-order valence-corrected chi connectivity index (χ2v) is 9.46. The van der Waals surface area contributed by atoms with Gasteiger partial charge in [0.15, 0.2) is 5.82 Å². The molecule has 0 radical (unpaired) electrons. The maximum Gasteiger partial charge on any atom is 0.252 e. The highest BCUT2D eigenvalue weighted by Gasteiger charge is 2.29. The number of halogens is 2. The van der Waals surface area contributed by atoms with Crippen LogP contribution in [0.1, 0.15) is 6.42 Å². The Morgan fingerprint density at radius 2 is 1.92 bits per heavy atom. The molecule has 0 aliphatic carbocycles. The first kappa shape index (κ1) is 17.7. The second-order valence-electron chi connectivity index (χ2n) is 5.20. The molecule has 2 N–H and O–H groups in total. The molecule has 3 heterocycles. The van der Waals surface area contributed by atoms with Gasteiger partial charge in [0.2, 0.25) is 0 Å². The van der Waals surface area contributed by atoms with Gasteiger partial charge in [-0.15, -0.1) is 11.3 Å². The Morgan fingerprint density at radius 3 is 2.62 bits per heavy atom. The van der Waals surface area contributed by atoms with E-state index in [2.05, 4.69) is 9.97 Å². The third-order valence-electron chi connectivity index (χ3n) is 3.70. The first-order valence-corrected chi connectivity index (χ1v) is 10.2. The van der Waals surface area contributed by atoms with Crippen LogP contribution in [0.3, 0.4) is 0 Å². The third kappa shape index (κ3) is 3.45. The molecular formula is C13H15Cl2N5O2S2. The highest BCUT2D eigenvalue weighted by Crippen LogP contribution is 2.30. The minimum Gasteiger partial charge on any atom is -0.382 e. The van der Waals surface area contributed by atoms with Crippen LogP contribution in [0.25, 0.3) is 0 Å². The van der Waals surface area contributed by atoms with E-state index in [1.807, 2.05) is 4.90 Å². The molecule has 130 valence electrons. The van der Waals surface area contributed by atoms with Crippen molar-refractivity contribution in [3.63, 3.8) is 0 Å². The van der Waals surface area contributed by atoms with E-state index in [1.165, 1.54) is 16.7 Å². The van der Waals surface area contributed by atoms with E-state index in [0.29, 0.717) is 47.8 Å². The van der Waals surface area contributed by atoms with Gasteiger partial charge in [-0.25, -0.2) is 18.4 Å². The van der Waals surface area contributed by atoms with Crippen LogP contribution in [-0.4, -0.2) is 48.9 Å². The average Bonchev–Trinajstić information content (AvgIpc) is 2.84. The minimum atomic E-state index is -3.54. The van der Waals surface area contributed by atoms with Gasteiger partial charge in [0.25, 0.3) is 10.0 Å². The Kier molecular flexibility index (Phi) is 5.16. The largest absolute Gasteiger partial charge is 0.382 e.